The highest BCUT2D eigenvalue weighted by atomic mass is 16.7. The van der Waals surface area contributed by atoms with Gasteiger partial charge in [-0.2, -0.15) is 10.5 Å². The molecule has 1 fully saturated rings. The fourth-order valence-corrected chi connectivity index (χ4v) is 3.92. The molecule has 29 heavy (non-hydrogen) atoms. The van der Waals surface area contributed by atoms with Crippen LogP contribution in [0.2, 0.25) is 0 Å². The van der Waals surface area contributed by atoms with Crippen molar-refractivity contribution < 1.29 is 18.9 Å². The van der Waals surface area contributed by atoms with E-state index in [1.807, 2.05) is 42.5 Å². The van der Waals surface area contributed by atoms with Gasteiger partial charge in [0.05, 0.1) is 13.2 Å². The summed E-state index contributed by atoms with van der Waals surface area (Å²) < 4.78 is 22.3. The average molecular weight is 391 g/mol. The topological polar surface area (TPSA) is 87.7 Å². The molecule has 0 radical (unpaired) electrons. The molecule has 2 aliphatic heterocycles. The van der Waals surface area contributed by atoms with Crippen molar-refractivity contribution in [1.29, 1.82) is 10.5 Å². The fourth-order valence-electron chi connectivity index (χ4n) is 3.92. The van der Waals surface area contributed by atoms with Crippen LogP contribution in [-0.4, -0.2) is 30.9 Å². The highest BCUT2D eigenvalue weighted by molar-refractivity contribution is 5.48. The van der Waals surface area contributed by atoms with Crippen LogP contribution in [0.5, 0.6) is 17.2 Å². The van der Waals surface area contributed by atoms with Crippen molar-refractivity contribution in [2.75, 3.05) is 20.4 Å². The van der Waals surface area contributed by atoms with E-state index < -0.39 is 17.9 Å². The van der Waals surface area contributed by atoms with Crippen molar-refractivity contribution in [3.63, 3.8) is 0 Å². The van der Waals surface area contributed by atoms with Gasteiger partial charge in [-0.3, -0.25) is 4.90 Å². The van der Waals surface area contributed by atoms with Gasteiger partial charge in [0.15, 0.2) is 11.5 Å². The number of benzene rings is 2. The van der Waals surface area contributed by atoms with Gasteiger partial charge in [0, 0.05) is 6.54 Å². The van der Waals surface area contributed by atoms with Crippen molar-refractivity contribution in [3.05, 3.63) is 53.6 Å². The molecule has 0 bridgehead atoms. The summed E-state index contributed by atoms with van der Waals surface area (Å²) in [6.07, 6.45) is 0.305. The van der Waals surface area contributed by atoms with Crippen LogP contribution in [0.15, 0.2) is 42.5 Å². The molecule has 0 aromatic heterocycles. The van der Waals surface area contributed by atoms with Crippen LogP contribution in [0.1, 0.15) is 36.7 Å². The third-order valence-electron chi connectivity index (χ3n) is 5.24. The Morgan fingerprint density at radius 3 is 2.41 bits per heavy atom. The van der Waals surface area contributed by atoms with Crippen LogP contribution in [0.3, 0.4) is 0 Å². The van der Waals surface area contributed by atoms with E-state index >= 15 is 0 Å². The Labute approximate surface area is 169 Å². The predicted molar refractivity (Wildman–Crippen MR) is 103 cm³/mol. The highest BCUT2D eigenvalue weighted by Crippen LogP contribution is 2.50. The van der Waals surface area contributed by atoms with Gasteiger partial charge < -0.3 is 18.9 Å². The summed E-state index contributed by atoms with van der Waals surface area (Å²) in [6, 6.07) is 16.7. The van der Waals surface area contributed by atoms with E-state index in [1.165, 1.54) is 0 Å². The smallest absolute Gasteiger partial charge is 0.262 e. The van der Waals surface area contributed by atoms with E-state index in [2.05, 4.69) is 24.0 Å². The molecule has 2 heterocycles. The van der Waals surface area contributed by atoms with Crippen LogP contribution in [0.25, 0.3) is 0 Å². The Morgan fingerprint density at radius 1 is 1.07 bits per heavy atom. The zero-order valence-electron chi connectivity index (χ0n) is 16.3. The van der Waals surface area contributed by atoms with Crippen molar-refractivity contribution in [2.45, 2.75) is 31.2 Å². The van der Waals surface area contributed by atoms with Crippen LogP contribution in [0.4, 0.5) is 0 Å². The number of fused-ring (bicyclic) bond motifs is 1. The average Bonchev–Trinajstić information content (AvgIpc) is 3.36. The largest absolute Gasteiger partial charge is 0.497 e. The summed E-state index contributed by atoms with van der Waals surface area (Å²) >= 11 is 0. The molecule has 0 saturated carbocycles. The second-order valence-electron chi connectivity index (χ2n) is 6.96. The summed E-state index contributed by atoms with van der Waals surface area (Å²) in [5, 5.41) is 19.9. The minimum absolute atomic E-state index is 0.161. The number of nitrogens with zero attached hydrogens (tertiary/aromatic N) is 3. The molecule has 7 heteroatoms. The van der Waals surface area contributed by atoms with Crippen LogP contribution >= 0.6 is 0 Å². The third kappa shape index (κ3) is 3.15. The van der Waals surface area contributed by atoms with Crippen molar-refractivity contribution in [2.24, 2.45) is 0 Å². The van der Waals surface area contributed by atoms with Crippen molar-refractivity contribution in [3.8, 4) is 29.4 Å². The van der Waals surface area contributed by atoms with Crippen LogP contribution < -0.4 is 14.2 Å². The first-order valence-corrected chi connectivity index (χ1v) is 9.45. The van der Waals surface area contributed by atoms with Gasteiger partial charge in [0.25, 0.3) is 5.60 Å². The van der Waals surface area contributed by atoms with E-state index in [-0.39, 0.29) is 6.79 Å². The van der Waals surface area contributed by atoms with E-state index in [0.29, 0.717) is 18.0 Å². The Morgan fingerprint density at radius 2 is 1.76 bits per heavy atom. The quantitative estimate of drug-likeness (QED) is 0.768. The lowest BCUT2D eigenvalue weighted by Crippen LogP contribution is -2.36. The Bertz CT molecular complexity index is 963. The summed E-state index contributed by atoms with van der Waals surface area (Å²) in [7, 11) is 1.61. The summed E-state index contributed by atoms with van der Waals surface area (Å²) in [5.74, 6) is 1.99. The van der Waals surface area contributed by atoms with Gasteiger partial charge in [-0.25, -0.2) is 0 Å². The summed E-state index contributed by atoms with van der Waals surface area (Å²) in [5.41, 5.74) is -0.00724. The van der Waals surface area contributed by atoms with Gasteiger partial charge in [-0.15, -0.1) is 0 Å². The molecule has 4 rings (SSSR count). The van der Waals surface area contributed by atoms with E-state index in [0.717, 1.165) is 23.3 Å². The molecule has 1 saturated heterocycles. The molecule has 7 nitrogen and oxygen atoms in total. The van der Waals surface area contributed by atoms with Gasteiger partial charge in [0.2, 0.25) is 6.79 Å². The number of ether oxygens (including phenoxy) is 4. The molecule has 0 aliphatic carbocycles. The first-order chi connectivity index (χ1) is 14.2. The molecule has 2 aromatic rings. The third-order valence-corrected chi connectivity index (χ3v) is 5.24. The lowest BCUT2D eigenvalue weighted by molar-refractivity contribution is -0.00908. The lowest BCUT2D eigenvalue weighted by atomic mass is 9.90. The second kappa shape index (κ2) is 7.63. The number of rotatable bonds is 5. The monoisotopic (exact) mass is 391 g/mol. The SMILES string of the molecule is CCCN1C(c2ccc(OC)cc2)OC(C#N)(C#N)C1c1ccc2c(c1)OCO2. The van der Waals surface area contributed by atoms with Crippen molar-refractivity contribution >= 4 is 0 Å². The van der Waals surface area contributed by atoms with E-state index in [4.69, 9.17) is 18.9 Å². The lowest BCUT2D eigenvalue weighted by Gasteiger charge is -2.29. The predicted octanol–water partition coefficient (Wildman–Crippen LogP) is 3.69. The Hall–Kier alpha value is -3.26. The minimum Gasteiger partial charge on any atom is -0.497 e. The molecule has 2 aliphatic rings. The van der Waals surface area contributed by atoms with Crippen LogP contribution in [-0.2, 0) is 4.74 Å². The first kappa shape index (κ1) is 19.1. The van der Waals surface area contributed by atoms with E-state index in [1.54, 1.807) is 7.11 Å². The molecule has 0 amide bonds. The van der Waals surface area contributed by atoms with Gasteiger partial charge in [-0.1, -0.05) is 25.1 Å². The fraction of sp³-hybridized carbons (Fsp3) is 0.364. The maximum atomic E-state index is 9.97. The molecule has 2 unspecified atom stereocenters. The van der Waals surface area contributed by atoms with Gasteiger partial charge in [-0.05, 0) is 41.8 Å². The number of hydrogen-bond acceptors (Lipinski definition) is 7. The maximum absolute atomic E-state index is 9.97. The highest BCUT2D eigenvalue weighted by Gasteiger charge is 2.56. The molecule has 0 spiro atoms. The minimum atomic E-state index is -1.65. The molecular formula is C22H21N3O4. The molecule has 0 N–H and O–H groups in total. The molecule has 2 aromatic carbocycles. The van der Waals surface area contributed by atoms with Gasteiger partial charge in [0.1, 0.15) is 24.1 Å². The number of nitriles is 2. The molecule has 2 atom stereocenters. The normalized spacial score (nSPS) is 22.1. The summed E-state index contributed by atoms with van der Waals surface area (Å²) in [4.78, 5) is 2.06. The summed E-state index contributed by atoms with van der Waals surface area (Å²) in [6.45, 7) is 2.87. The Balaban J connectivity index is 1.80. The van der Waals surface area contributed by atoms with Crippen molar-refractivity contribution in [1.82, 2.24) is 4.90 Å². The van der Waals surface area contributed by atoms with E-state index in [9.17, 15) is 10.5 Å². The number of hydrogen-bond donors (Lipinski definition) is 0. The first-order valence-electron chi connectivity index (χ1n) is 9.45. The van der Waals surface area contributed by atoms with Crippen LogP contribution in [0, 0.1) is 22.7 Å². The molecule has 148 valence electrons. The zero-order chi connectivity index (χ0) is 20.4. The Kier molecular flexibility index (Phi) is 5.02. The second-order valence-corrected chi connectivity index (χ2v) is 6.96. The molecular weight excluding hydrogens is 370 g/mol. The maximum Gasteiger partial charge on any atom is 0.262 e. The zero-order valence-corrected chi connectivity index (χ0v) is 16.3. The number of methoxy groups -OCH3 is 1. The van der Waals surface area contributed by atoms with Gasteiger partial charge >= 0.3 is 0 Å². The standard InChI is InChI=1S/C22H21N3O4/c1-3-10-25-20(16-6-9-18-19(11-16)28-14-27-18)22(12-23,13-24)29-21(25)15-4-7-17(26-2)8-5-15/h4-9,11,20-21H,3,10,14H2,1-2H3.